The van der Waals surface area contributed by atoms with Gasteiger partial charge in [0.15, 0.2) is 0 Å². The Kier molecular flexibility index (Phi) is 4.86. The lowest BCUT2D eigenvalue weighted by Gasteiger charge is -2.31. The summed E-state index contributed by atoms with van der Waals surface area (Å²) >= 11 is 0. The van der Waals surface area contributed by atoms with Gasteiger partial charge in [-0.2, -0.15) is 0 Å². The quantitative estimate of drug-likeness (QED) is 0.750. The SMILES string of the molecule is Cc1cncc(CNC(N(C)C)N(C)C)c1. The third-order valence-corrected chi connectivity index (χ3v) is 2.40. The Bertz CT molecular complexity index is 315. The second kappa shape index (κ2) is 5.94. The van der Waals surface area contributed by atoms with Gasteiger partial charge in [0.2, 0.25) is 0 Å². The minimum absolute atomic E-state index is 0.237. The number of aryl methyl sites for hydroxylation is 1. The van der Waals surface area contributed by atoms with E-state index in [2.05, 4.69) is 61.3 Å². The van der Waals surface area contributed by atoms with Crippen LogP contribution in [0.15, 0.2) is 18.5 Å². The van der Waals surface area contributed by atoms with Gasteiger partial charge in [0, 0.05) is 18.9 Å². The van der Waals surface area contributed by atoms with E-state index in [1.807, 2.05) is 12.4 Å². The molecule has 4 heteroatoms. The molecular weight excluding hydrogens is 200 g/mol. The van der Waals surface area contributed by atoms with E-state index < -0.39 is 0 Å². The fourth-order valence-electron chi connectivity index (χ4n) is 1.75. The second-order valence-corrected chi connectivity index (χ2v) is 4.55. The van der Waals surface area contributed by atoms with Crippen molar-refractivity contribution < 1.29 is 0 Å². The van der Waals surface area contributed by atoms with Gasteiger partial charge >= 0.3 is 0 Å². The topological polar surface area (TPSA) is 31.4 Å². The van der Waals surface area contributed by atoms with Crippen molar-refractivity contribution in [1.82, 2.24) is 20.1 Å². The second-order valence-electron chi connectivity index (χ2n) is 4.55. The Labute approximate surface area is 98.3 Å². The molecule has 0 bridgehead atoms. The van der Waals surface area contributed by atoms with Crippen LogP contribution in [-0.2, 0) is 6.54 Å². The highest BCUT2D eigenvalue weighted by atomic mass is 15.4. The Morgan fingerprint density at radius 1 is 1.19 bits per heavy atom. The monoisotopic (exact) mass is 222 g/mol. The number of rotatable bonds is 5. The smallest absolute Gasteiger partial charge is 0.116 e. The van der Waals surface area contributed by atoms with E-state index in [-0.39, 0.29) is 6.29 Å². The zero-order chi connectivity index (χ0) is 12.1. The van der Waals surface area contributed by atoms with Crippen molar-refractivity contribution in [3.8, 4) is 0 Å². The van der Waals surface area contributed by atoms with Crippen LogP contribution in [0.5, 0.6) is 0 Å². The average Bonchev–Trinajstić information content (AvgIpc) is 2.16. The number of nitrogens with zero attached hydrogens (tertiary/aromatic N) is 3. The van der Waals surface area contributed by atoms with Crippen molar-refractivity contribution >= 4 is 0 Å². The fourth-order valence-corrected chi connectivity index (χ4v) is 1.75. The number of hydrogen-bond donors (Lipinski definition) is 1. The number of hydrogen-bond acceptors (Lipinski definition) is 4. The molecule has 90 valence electrons. The molecule has 16 heavy (non-hydrogen) atoms. The number of nitrogens with one attached hydrogen (secondary N) is 1. The molecule has 1 rings (SSSR count). The molecule has 0 aliphatic rings. The maximum atomic E-state index is 4.18. The third-order valence-electron chi connectivity index (χ3n) is 2.40. The van der Waals surface area contributed by atoms with Crippen molar-refractivity contribution in [3.05, 3.63) is 29.6 Å². The summed E-state index contributed by atoms with van der Waals surface area (Å²) in [5.41, 5.74) is 2.42. The van der Waals surface area contributed by atoms with Gasteiger partial charge in [-0.25, -0.2) is 0 Å². The van der Waals surface area contributed by atoms with Crippen LogP contribution in [-0.4, -0.2) is 49.3 Å². The van der Waals surface area contributed by atoms with Gasteiger partial charge in [-0.1, -0.05) is 6.07 Å². The molecule has 0 unspecified atom stereocenters. The van der Waals surface area contributed by atoms with Crippen molar-refractivity contribution in [3.63, 3.8) is 0 Å². The van der Waals surface area contributed by atoms with Crippen molar-refractivity contribution in [1.29, 1.82) is 0 Å². The molecule has 0 aromatic carbocycles. The Balaban J connectivity index is 2.55. The third kappa shape index (κ3) is 3.89. The van der Waals surface area contributed by atoms with Crippen LogP contribution in [0.1, 0.15) is 11.1 Å². The van der Waals surface area contributed by atoms with Gasteiger partial charge in [0.1, 0.15) is 6.29 Å². The molecule has 0 saturated heterocycles. The molecule has 0 atom stereocenters. The lowest BCUT2D eigenvalue weighted by molar-refractivity contribution is 0.0939. The van der Waals surface area contributed by atoms with E-state index in [0.29, 0.717) is 0 Å². The molecule has 0 saturated carbocycles. The molecule has 1 aromatic rings. The Hall–Kier alpha value is -0.970. The van der Waals surface area contributed by atoms with Crippen LogP contribution < -0.4 is 5.32 Å². The minimum Gasteiger partial charge on any atom is -0.285 e. The van der Waals surface area contributed by atoms with E-state index >= 15 is 0 Å². The van der Waals surface area contributed by atoms with E-state index in [9.17, 15) is 0 Å². The van der Waals surface area contributed by atoms with Crippen LogP contribution in [0, 0.1) is 6.92 Å². The number of aromatic nitrogens is 1. The fraction of sp³-hybridized carbons (Fsp3) is 0.583. The van der Waals surface area contributed by atoms with Crippen molar-refractivity contribution in [2.45, 2.75) is 19.8 Å². The van der Waals surface area contributed by atoms with Gasteiger partial charge < -0.3 is 0 Å². The molecule has 0 aliphatic heterocycles. The van der Waals surface area contributed by atoms with Crippen molar-refractivity contribution in [2.75, 3.05) is 28.2 Å². The van der Waals surface area contributed by atoms with E-state index in [1.54, 1.807) is 0 Å². The first-order valence-electron chi connectivity index (χ1n) is 5.47. The average molecular weight is 222 g/mol. The van der Waals surface area contributed by atoms with Crippen LogP contribution in [0.2, 0.25) is 0 Å². The van der Waals surface area contributed by atoms with Gasteiger partial charge in [-0.3, -0.25) is 20.1 Å². The molecule has 0 radical (unpaired) electrons. The zero-order valence-electron chi connectivity index (χ0n) is 10.9. The predicted molar refractivity (Wildman–Crippen MR) is 67.0 cm³/mol. The summed E-state index contributed by atoms with van der Waals surface area (Å²) in [5.74, 6) is 0. The highest BCUT2D eigenvalue weighted by Crippen LogP contribution is 2.02. The highest BCUT2D eigenvalue weighted by molar-refractivity contribution is 5.16. The molecule has 0 fully saturated rings. The van der Waals surface area contributed by atoms with Crippen LogP contribution in [0.4, 0.5) is 0 Å². The molecule has 0 amide bonds. The van der Waals surface area contributed by atoms with Crippen LogP contribution >= 0.6 is 0 Å². The van der Waals surface area contributed by atoms with Crippen LogP contribution in [0.25, 0.3) is 0 Å². The normalized spacial score (nSPS) is 11.8. The largest absolute Gasteiger partial charge is 0.285 e. The maximum absolute atomic E-state index is 4.18. The first kappa shape index (κ1) is 13.1. The van der Waals surface area contributed by atoms with E-state index in [4.69, 9.17) is 0 Å². The molecule has 0 aliphatic carbocycles. The minimum atomic E-state index is 0.237. The molecule has 1 aromatic heterocycles. The highest BCUT2D eigenvalue weighted by Gasteiger charge is 2.12. The molecular formula is C12H22N4. The molecule has 4 nitrogen and oxygen atoms in total. The standard InChI is InChI=1S/C12H22N4/c1-10-6-11(8-13-7-10)9-14-12(15(2)3)16(4)5/h6-8,12,14H,9H2,1-5H3. The van der Waals surface area contributed by atoms with Crippen molar-refractivity contribution in [2.24, 2.45) is 0 Å². The molecule has 1 heterocycles. The van der Waals surface area contributed by atoms with Gasteiger partial charge in [0.25, 0.3) is 0 Å². The first-order valence-corrected chi connectivity index (χ1v) is 5.47. The van der Waals surface area contributed by atoms with E-state index in [1.165, 1.54) is 11.1 Å². The lowest BCUT2D eigenvalue weighted by atomic mass is 10.2. The van der Waals surface area contributed by atoms with Gasteiger partial charge in [-0.15, -0.1) is 0 Å². The summed E-state index contributed by atoms with van der Waals surface area (Å²) in [6.45, 7) is 2.89. The zero-order valence-corrected chi connectivity index (χ0v) is 10.9. The summed E-state index contributed by atoms with van der Waals surface area (Å²) in [6.07, 6.45) is 4.02. The lowest BCUT2D eigenvalue weighted by Crippen LogP contribution is -2.50. The maximum Gasteiger partial charge on any atom is 0.116 e. The summed E-state index contributed by atoms with van der Waals surface area (Å²) < 4.78 is 0. The Morgan fingerprint density at radius 2 is 1.81 bits per heavy atom. The predicted octanol–water partition coefficient (Wildman–Crippen LogP) is 0.886. The van der Waals surface area contributed by atoms with Gasteiger partial charge in [0.05, 0.1) is 0 Å². The first-order chi connectivity index (χ1) is 7.50. The molecule has 1 N–H and O–H groups in total. The molecule has 0 spiro atoms. The summed E-state index contributed by atoms with van der Waals surface area (Å²) in [4.78, 5) is 8.47. The Morgan fingerprint density at radius 3 is 2.31 bits per heavy atom. The van der Waals surface area contributed by atoms with Gasteiger partial charge in [-0.05, 0) is 46.2 Å². The summed E-state index contributed by atoms with van der Waals surface area (Å²) in [6, 6.07) is 2.16. The number of pyridine rings is 1. The van der Waals surface area contributed by atoms with E-state index in [0.717, 1.165) is 6.54 Å². The summed E-state index contributed by atoms with van der Waals surface area (Å²) in [7, 11) is 8.25. The van der Waals surface area contributed by atoms with Crippen LogP contribution in [0.3, 0.4) is 0 Å². The summed E-state index contributed by atoms with van der Waals surface area (Å²) in [5, 5.41) is 3.47.